The average Bonchev–Trinajstić information content (AvgIpc) is 2.88. The molecule has 0 amide bonds. The molecule has 45 heavy (non-hydrogen) atoms. The molecule has 6 nitrogen and oxygen atoms in total. The van der Waals surface area contributed by atoms with Gasteiger partial charge in [-0.2, -0.15) is 43.2 Å². The van der Waals surface area contributed by atoms with Gasteiger partial charge < -0.3 is 8.37 Å². The summed E-state index contributed by atoms with van der Waals surface area (Å²) >= 11 is 0. The van der Waals surface area contributed by atoms with Crippen molar-refractivity contribution in [2.75, 3.05) is 0 Å². The predicted octanol–water partition coefficient (Wildman–Crippen LogP) is 7.64. The molecular weight excluding hydrogens is 681 g/mol. The van der Waals surface area contributed by atoms with E-state index in [9.17, 15) is 65.1 Å². The first-order valence-corrected chi connectivity index (χ1v) is 14.3. The first kappa shape index (κ1) is 35.1. The zero-order chi connectivity index (χ0) is 34.0. The highest BCUT2D eigenvalue weighted by Gasteiger charge is 2.37. The van der Waals surface area contributed by atoms with Gasteiger partial charge in [-0.3, -0.25) is 0 Å². The van der Waals surface area contributed by atoms with Crippen molar-refractivity contribution >= 4 is 20.2 Å². The molecule has 0 radical (unpaired) electrons. The number of alkyl halides is 6. The maximum atomic E-state index is 13.5. The molecule has 0 aromatic heterocycles. The predicted molar refractivity (Wildman–Crippen MR) is 131 cm³/mol. The molecule has 0 aliphatic carbocycles. The van der Waals surface area contributed by atoms with Crippen LogP contribution in [0.1, 0.15) is 11.1 Å². The second kappa shape index (κ2) is 12.9. The standard InChI is InChI=1S/C13H6F6O3S.C13H7F5O3S/c14-7-5-9(15)12(10(16)6-7)23(20,21)22-11-4-2-1-3-8(11)13(17,18)19;14-10-6-5-8(7-11(10)15)22(19,20)21-12-4-2-1-3-9(12)13(16,17)18/h1-6H;1-7H. The van der Waals surface area contributed by atoms with E-state index < -0.39 is 94.1 Å². The van der Waals surface area contributed by atoms with Crippen LogP contribution in [0.2, 0.25) is 0 Å². The van der Waals surface area contributed by atoms with E-state index in [2.05, 4.69) is 8.37 Å². The van der Waals surface area contributed by atoms with E-state index in [4.69, 9.17) is 0 Å². The maximum absolute atomic E-state index is 13.5. The third kappa shape index (κ3) is 8.62. The smallest absolute Gasteiger partial charge is 0.378 e. The second-order valence-corrected chi connectivity index (χ2v) is 11.4. The van der Waals surface area contributed by atoms with Gasteiger partial charge in [0.2, 0.25) is 0 Å². The number of hydrogen-bond donors (Lipinski definition) is 0. The number of benzene rings is 4. The van der Waals surface area contributed by atoms with Crippen LogP contribution in [0.4, 0.5) is 48.3 Å². The summed E-state index contributed by atoms with van der Waals surface area (Å²) in [5.74, 6) is -9.93. The lowest BCUT2D eigenvalue weighted by Crippen LogP contribution is -2.17. The van der Waals surface area contributed by atoms with Crippen molar-refractivity contribution in [1.82, 2.24) is 0 Å². The molecular formula is C26H13F11O6S2. The van der Waals surface area contributed by atoms with E-state index in [0.717, 1.165) is 30.3 Å². The van der Waals surface area contributed by atoms with Crippen LogP contribution in [0.15, 0.2) is 88.7 Å². The maximum Gasteiger partial charge on any atom is 0.420 e. The summed E-state index contributed by atoms with van der Waals surface area (Å²) in [6, 6.07) is 8.51. The molecule has 0 aliphatic rings. The average molecular weight is 694 g/mol. The summed E-state index contributed by atoms with van der Waals surface area (Å²) in [5, 5.41) is 0. The summed E-state index contributed by atoms with van der Waals surface area (Å²) in [5.41, 5.74) is -2.76. The molecule has 0 heterocycles. The lowest BCUT2D eigenvalue weighted by Gasteiger charge is -2.14. The molecule has 242 valence electrons. The molecule has 4 aromatic carbocycles. The van der Waals surface area contributed by atoms with E-state index in [1.54, 1.807) is 0 Å². The minimum Gasteiger partial charge on any atom is -0.378 e. The fourth-order valence-electron chi connectivity index (χ4n) is 3.27. The van der Waals surface area contributed by atoms with Gasteiger partial charge >= 0.3 is 32.6 Å². The van der Waals surface area contributed by atoms with E-state index in [1.165, 1.54) is 0 Å². The van der Waals surface area contributed by atoms with Crippen LogP contribution in [0.3, 0.4) is 0 Å². The van der Waals surface area contributed by atoms with Crippen molar-refractivity contribution in [3.8, 4) is 11.5 Å². The lowest BCUT2D eigenvalue weighted by molar-refractivity contribution is -0.139. The molecule has 19 heteroatoms. The SMILES string of the molecule is O=S(=O)(Oc1ccccc1C(F)(F)F)c1c(F)cc(F)cc1F.O=S(=O)(Oc1ccccc1C(F)(F)F)c1ccc(F)c(F)c1. The Balaban J connectivity index is 0.000000246. The Morgan fingerprint density at radius 2 is 0.911 bits per heavy atom. The highest BCUT2D eigenvalue weighted by atomic mass is 32.2. The number of rotatable bonds is 6. The highest BCUT2D eigenvalue weighted by molar-refractivity contribution is 7.87. The topological polar surface area (TPSA) is 86.7 Å². The first-order chi connectivity index (χ1) is 20.6. The summed E-state index contributed by atoms with van der Waals surface area (Å²) in [6.45, 7) is 0. The fraction of sp³-hybridized carbons (Fsp3) is 0.0769. The molecule has 0 bridgehead atoms. The molecule has 0 spiro atoms. The molecule has 0 saturated heterocycles. The molecule has 0 N–H and O–H groups in total. The van der Waals surface area contributed by atoms with Crippen molar-refractivity contribution in [2.24, 2.45) is 0 Å². The number of hydrogen-bond acceptors (Lipinski definition) is 6. The van der Waals surface area contributed by atoms with Gasteiger partial charge in [0, 0.05) is 12.1 Å². The summed E-state index contributed by atoms with van der Waals surface area (Å²) < 4.78 is 198. The molecule has 0 aliphatic heterocycles. The highest BCUT2D eigenvalue weighted by Crippen LogP contribution is 2.38. The summed E-state index contributed by atoms with van der Waals surface area (Å²) in [7, 11) is -10.0. The van der Waals surface area contributed by atoms with Crippen LogP contribution >= 0.6 is 0 Å². The lowest BCUT2D eigenvalue weighted by atomic mass is 10.2. The van der Waals surface area contributed by atoms with Gasteiger partial charge in [0.25, 0.3) is 0 Å². The van der Waals surface area contributed by atoms with Gasteiger partial charge in [0.15, 0.2) is 39.7 Å². The van der Waals surface area contributed by atoms with E-state index in [-0.39, 0.29) is 12.1 Å². The normalized spacial score (nSPS) is 12.2. The van der Waals surface area contributed by atoms with Crippen LogP contribution in [-0.2, 0) is 32.6 Å². The van der Waals surface area contributed by atoms with Gasteiger partial charge in [-0.15, -0.1) is 0 Å². The third-order valence-electron chi connectivity index (χ3n) is 5.18. The van der Waals surface area contributed by atoms with E-state index in [1.807, 2.05) is 0 Å². The van der Waals surface area contributed by atoms with E-state index >= 15 is 0 Å². The van der Waals surface area contributed by atoms with E-state index in [0.29, 0.717) is 36.4 Å². The second-order valence-electron chi connectivity index (χ2n) is 8.34. The van der Waals surface area contributed by atoms with Crippen LogP contribution in [0.5, 0.6) is 11.5 Å². The van der Waals surface area contributed by atoms with Crippen LogP contribution in [0.25, 0.3) is 0 Å². The fourth-order valence-corrected chi connectivity index (χ4v) is 5.29. The third-order valence-corrected chi connectivity index (χ3v) is 7.70. The monoisotopic (exact) mass is 694 g/mol. The van der Waals surface area contributed by atoms with Gasteiger partial charge in [-0.1, -0.05) is 24.3 Å². The van der Waals surface area contributed by atoms with Crippen LogP contribution in [0, 0.1) is 29.1 Å². The van der Waals surface area contributed by atoms with Crippen LogP contribution in [-0.4, -0.2) is 16.8 Å². The van der Waals surface area contributed by atoms with Crippen molar-refractivity contribution in [1.29, 1.82) is 0 Å². The Morgan fingerprint density at radius 3 is 1.33 bits per heavy atom. The Hall–Kier alpha value is -4.39. The Kier molecular flexibility index (Phi) is 10.1. The van der Waals surface area contributed by atoms with Crippen molar-refractivity contribution in [3.05, 3.63) is 119 Å². The molecule has 0 saturated carbocycles. The Bertz CT molecular complexity index is 1900. The number of halogens is 11. The largest absolute Gasteiger partial charge is 0.420 e. The van der Waals surface area contributed by atoms with Gasteiger partial charge in [0.1, 0.15) is 10.7 Å². The first-order valence-electron chi connectivity index (χ1n) is 11.4. The minimum atomic E-state index is -5.29. The van der Waals surface area contributed by atoms with Gasteiger partial charge in [-0.05, 0) is 42.5 Å². The molecule has 0 unspecified atom stereocenters. The molecule has 4 rings (SSSR count). The number of para-hydroxylation sites is 2. The molecule has 4 aromatic rings. The van der Waals surface area contributed by atoms with Crippen molar-refractivity contribution in [3.63, 3.8) is 0 Å². The molecule has 0 atom stereocenters. The van der Waals surface area contributed by atoms with Crippen molar-refractivity contribution in [2.45, 2.75) is 22.1 Å². The Morgan fingerprint density at radius 1 is 0.489 bits per heavy atom. The van der Waals surface area contributed by atoms with Gasteiger partial charge in [-0.25, -0.2) is 22.0 Å². The minimum absolute atomic E-state index is 0.0645. The zero-order valence-electron chi connectivity index (χ0n) is 21.4. The quantitative estimate of drug-likeness (QED) is 0.152. The van der Waals surface area contributed by atoms with Gasteiger partial charge in [0.05, 0.1) is 11.1 Å². The van der Waals surface area contributed by atoms with Crippen LogP contribution < -0.4 is 8.37 Å². The Labute approximate surface area is 246 Å². The molecule has 0 fully saturated rings. The summed E-state index contributed by atoms with van der Waals surface area (Å²) in [4.78, 5) is -2.49. The zero-order valence-corrected chi connectivity index (χ0v) is 23.1. The van der Waals surface area contributed by atoms with Crippen molar-refractivity contribution < 1.29 is 73.5 Å². The summed E-state index contributed by atoms with van der Waals surface area (Å²) in [6.07, 6.45) is -9.79.